The summed E-state index contributed by atoms with van der Waals surface area (Å²) in [6, 6.07) is 13.6. The Kier molecular flexibility index (Phi) is 26.5. The fraction of sp³-hybridized carbons (Fsp3) is 0.359. The first-order valence-corrected chi connectivity index (χ1v) is 18.4. The molecule has 2 aromatic heterocycles. The molecule has 2 aliphatic rings. The number of phenols is 3. The summed E-state index contributed by atoms with van der Waals surface area (Å²) < 4.78 is 21.1. The molecule has 0 unspecified atom stereocenters. The number of aromatic hydroxyl groups is 3. The van der Waals surface area contributed by atoms with E-state index in [0.717, 1.165) is 41.6 Å². The van der Waals surface area contributed by atoms with E-state index in [-0.39, 0.29) is 145 Å². The van der Waals surface area contributed by atoms with Crippen molar-refractivity contribution in [1.29, 1.82) is 0 Å². The maximum absolute atomic E-state index is 11.2. The molecule has 18 heteroatoms. The Hall–Kier alpha value is -2.02. The third-order valence-corrected chi connectivity index (χ3v) is 9.00. The molecule has 0 bridgehead atoms. The molecular weight excluding hydrogens is 859 g/mol. The van der Waals surface area contributed by atoms with Crippen molar-refractivity contribution in [2.24, 2.45) is 0 Å². The molecule has 298 valence electrons. The normalized spacial score (nSPS) is 13.3. The van der Waals surface area contributed by atoms with Crippen LogP contribution in [0.4, 0.5) is 0 Å². The number of nitrogens with zero attached hydrogens (tertiary/aromatic N) is 4. The van der Waals surface area contributed by atoms with Gasteiger partial charge in [-0.3, -0.25) is 23.7 Å². The molecule has 0 saturated heterocycles. The smallest absolute Gasteiger partial charge is 1.00 e. The van der Waals surface area contributed by atoms with Gasteiger partial charge in [0.05, 0.1) is 48.9 Å². The number of ether oxygens (including phenoxy) is 3. The van der Waals surface area contributed by atoms with E-state index in [0.29, 0.717) is 50.8 Å². The largest absolute Gasteiger partial charge is 1.00 e. The fourth-order valence-electron chi connectivity index (χ4n) is 5.59. The topological polar surface area (TPSA) is 208 Å². The summed E-state index contributed by atoms with van der Waals surface area (Å²) in [4.78, 5) is 32.6. The first-order chi connectivity index (χ1) is 26.5. The molecule has 0 fully saturated rings. The molecule has 3 N–H and O–H groups in total. The van der Waals surface area contributed by atoms with E-state index in [9.17, 15) is 14.7 Å². The van der Waals surface area contributed by atoms with Gasteiger partial charge in [0.15, 0.2) is 12.6 Å². The number of hydrogen-bond donors (Lipinski definition) is 3. The summed E-state index contributed by atoms with van der Waals surface area (Å²) in [6.07, 6.45) is 6.44. The minimum atomic E-state index is -0.199. The third kappa shape index (κ3) is 15.8. The molecule has 6 rings (SSSR count). The number of hydrogen-bond acceptors (Lipinski definition) is 13. The van der Waals surface area contributed by atoms with Gasteiger partial charge in [0.2, 0.25) is 0 Å². The van der Waals surface area contributed by atoms with Gasteiger partial charge in [0.1, 0.15) is 29.6 Å². The number of aromatic nitrogens is 4. The second-order valence-electron chi connectivity index (χ2n) is 12.5. The van der Waals surface area contributed by atoms with Crippen molar-refractivity contribution < 1.29 is 158 Å². The first-order valence-electron chi connectivity index (χ1n) is 17.3. The number of phenolic OH excluding ortho intramolecular Hbond substituents is 3. The minimum absolute atomic E-state index is 0. The predicted molar refractivity (Wildman–Crippen MR) is 206 cm³/mol. The summed E-state index contributed by atoms with van der Waals surface area (Å²) in [5, 5.41) is 45.7. The molecule has 2 aromatic carbocycles. The van der Waals surface area contributed by atoms with E-state index in [1.807, 2.05) is 16.9 Å². The molecule has 0 radical (unpaired) electrons. The van der Waals surface area contributed by atoms with Crippen LogP contribution >= 0.6 is 15.9 Å². The van der Waals surface area contributed by atoms with Crippen molar-refractivity contribution >= 4 is 46.1 Å². The van der Waals surface area contributed by atoms with Gasteiger partial charge in [-0.25, -0.2) is 0 Å². The Balaban J connectivity index is 0.000000847. The van der Waals surface area contributed by atoms with Crippen LogP contribution in [0.2, 0.25) is 0 Å². The third-order valence-electron chi connectivity index (χ3n) is 8.32. The van der Waals surface area contributed by atoms with Crippen LogP contribution in [0.25, 0.3) is 11.1 Å². The van der Waals surface area contributed by atoms with Crippen molar-refractivity contribution in [2.75, 3.05) is 38.4 Å². The van der Waals surface area contributed by atoms with E-state index >= 15 is 0 Å². The molecule has 0 aliphatic carbocycles. The van der Waals surface area contributed by atoms with Gasteiger partial charge in [-0.1, -0.05) is 28.1 Å². The summed E-state index contributed by atoms with van der Waals surface area (Å²) in [7, 11) is 0. The van der Waals surface area contributed by atoms with Crippen molar-refractivity contribution in [3.05, 3.63) is 94.6 Å². The zero-order chi connectivity index (χ0) is 40.3. The Morgan fingerprint density at radius 2 is 1.21 bits per heavy atom. The standard InChI is InChI=1S/C19H22N2O4.C12H17BrN2O.C7H6O3.CH2O3.2K.H/c1-13(2)21-17(6-8-20-21)16-12-24-9-7-14(16)11-25-19-5-3-4-18(23)15(19)10-22;1-9(2)15-12(3-5-14-15)11-8-16-6-4-10(11)7-13;8-4-5-6(9)2-1-3-7(5)10;2-1-4-3;;;/h3-6,8,10,13,23H,7,9,11-12H2,1-2H3;3,5,9H,4,6-8H2,1-2H3;1-4,9-10H;1,3H;;;/q;;;;2*+1;-1/p-1. The molecule has 2 aliphatic heterocycles. The van der Waals surface area contributed by atoms with Gasteiger partial charge in [-0.05, 0) is 88.1 Å². The average Bonchev–Trinajstić information content (AvgIpc) is 3.89. The van der Waals surface area contributed by atoms with Crippen molar-refractivity contribution in [2.45, 2.75) is 52.6 Å². The van der Waals surface area contributed by atoms with Crippen LogP contribution in [-0.4, -0.2) is 92.3 Å². The van der Waals surface area contributed by atoms with E-state index in [1.165, 1.54) is 41.1 Å². The quantitative estimate of drug-likeness (QED) is 0.0584. The number of alkyl halides is 1. The van der Waals surface area contributed by atoms with Crippen LogP contribution in [-0.2, 0) is 19.2 Å². The van der Waals surface area contributed by atoms with Crippen molar-refractivity contribution in [1.82, 2.24) is 19.6 Å². The summed E-state index contributed by atoms with van der Waals surface area (Å²) in [5.41, 5.74) is 7.26. The maximum Gasteiger partial charge on any atom is 1.00 e. The number of halogens is 1. The van der Waals surface area contributed by atoms with E-state index in [2.05, 4.69) is 69.5 Å². The Bertz CT molecular complexity index is 1920. The molecule has 57 heavy (non-hydrogen) atoms. The number of rotatable bonds is 11. The number of benzene rings is 2. The average molecular weight is 906 g/mol. The molecule has 0 saturated carbocycles. The summed E-state index contributed by atoms with van der Waals surface area (Å²) in [6.45, 7) is 11.3. The summed E-state index contributed by atoms with van der Waals surface area (Å²) in [5.74, 6) is -0.0951. The predicted octanol–water partition coefficient (Wildman–Crippen LogP) is -0.267. The monoisotopic (exact) mass is 904 g/mol. The van der Waals surface area contributed by atoms with Crippen LogP contribution in [0.1, 0.15) is 86.2 Å². The summed E-state index contributed by atoms with van der Waals surface area (Å²) >= 11 is 3.56. The van der Waals surface area contributed by atoms with Crippen LogP contribution in [0, 0.1) is 0 Å². The SMILES string of the molecule is CC(C)n1nccc1C1=C(CBr)CCOC1.CC(C)n1nccc1C1=C(COc2cccc(O)c2C=O)CCOC1.O=CO[O-].O=Cc1c(O)cccc1O.[H-].[K+].[K+]. The van der Waals surface area contributed by atoms with Gasteiger partial charge >= 0.3 is 103 Å². The Labute approximate surface area is 426 Å². The molecule has 4 aromatic rings. The molecule has 0 amide bonds. The molecule has 15 nitrogen and oxygen atoms in total. The van der Waals surface area contributed by atoms with Crippen molar-refractivity contribution in [3.63, 3.8) is 0 Å². The zero-order valence-electron chi connectivity index (χ0n) is 34.1. The van der Waals surface area contributed by atoms with Crippen LogP contribution in [0.5, 0.6) is 23.0 Å². The van der Waals surface area contributed by atoms with E-state index < -0.39 is 0 Å². The number of carbonyl (C=O) groups is 3. The number of aldehydes is 2. The Morgan fingerprint density at radius 1 is 0.772 bits per heavy atom. The van der Waals surface area contributed by atoms with Gasteiger partial charge in [-0.2, -0.15) is 10.2 Å². The maximum atomic E-state index is 11.2. The molecule has 4 heterocycles. The second kappa shape index (κ2) is 28.5. The van der Waals surface area contributed by atoms with Crippen molar-refractivity contribution in [3.8, 4) is 23.0 Å². The van der Waals surface area contributed by atoms with Crippen LogP contribution in [0.3, 0.4) is 0 Å². The van der Waals surface area contributed by atoms with E-state index in [1.54, 1.807) is 18.3 Å². The minimum Gasteiger partial charge on any atom is -1.00 e. The molecule has 0 spiro atoms. The Morgan fingerprint density at radius 3 is 1.63 bits per heavy atom. The zero-order valence-corrected chi connectivity index (χ0v) is 40.9. The molecular formula is C39H47BrK2N4O11. The second-order valence-corrected chi connectivity index (χ2v) is 13.1. The van der Waals surface area contributed by atoms with Gasteiger partial charge in [0.25, 0.3) is 6.47 Å². The number of carbonyl (C=O) groups excluding carboxylic acids is 3. The van der Waals surface area contributed by atoms with E-state index in [4.69, 9.17) is 34.5 Å². The first kappa shape index (κ1) is 53.0. The fourth-order valence-corrected chi connectivity index (χ4v) is 6.21. The van der Waals surface area contributed by atoms with Gasteiger partial charge in [0, 0.05) is 41.0 Å². The van der Waals surface area contributed by atoms with Crippen LogP contribution < -0.4 is 113 Å². The van der Waals surface area contributed by atoms with Crippen LogP contribution in [0.15, 0.2) is 72.1 Å². The van der Waals surface area contributed by atoms with Gasteiger partial charge in [-0.15, -0.1) is 0 Å². The van der Waals surface area contributed by atoms with Gasteiger partial charge < -0.3 is 41.1 Å². The molecule has 0 atom stereocenters.